The van der Waals surface area contributed by atoms with Crippen molar-refractivity contribution < 1.29 is 14.3 Å². The molecule has 37 heavy (non-hydrogen) atoms. The number of aromatic nitrogens is 3. The molecule has 2 fully saturated rings. The van der Waals surface area contributed by atoms with Gasteiger partial charge in [0.15, 0.2) is 0 Å². The van der Waals surface area contributed by atoms with Crippen molar-refractivity contribution in [2.75, 3.05) is 57.5 Å². The third-order valence-electron chi connectivity index (χ3n) is 6.89. The van der Waals surface area contributed by atoms with Crippen LogP contribution >= 0.6 is 0 Å². The molecule has 2 aliphatic heterocycles. The monoisotopic (exact) mass is 494 g/mol. The van der Waals surface area contributed by atoms with Gasteiger partial charge in [0.2, 0.25) is 5.78 Å². The normalized spacial score (nSPS) is 16.1. The zero-order valence-electron chi connectivity index (χ0n) is 20.3. The zero-order valence-corrected chi connectivity index (χ0v) is 20.3. The van der Waals surface area contributed by atoms with Crippen molar-refractivity contribution >= 4 is 17.4 Å². The summed E-state index contributed by atoms with van der Waals surface area (Å²) in [5.41, 5.74) is 5.94. The molecule has 2 aromatic carbocycles. The van der Waals surface area contributed by atoms with Crippen LogP contribution in [0.1, 0.15) is 15.9 Å². The first-order valence-electron chi connectivity index (χ1n) is 12.4. The molecule has 0 spiro atoms. The molecule has 0 unspecified atom stereocenters. The molecule has 9 heteroatoms. The highest BCUT2D eigenvalue weighted by Crippen LogP contribution is 2.31. The fourth-order valence-corrected chi connectivity index (χ4v) is 4.85. The second kappa shape index (κ2) is 10.0. The number of rotatable bonds is 4. The summed E-state index contributed by atoms with van der Waals surface area (Å²) in [6.45, 7) is 5.05. The minimum absolute atomic E-state index is 0.0302. The van der Waals surface area contributed by atoms with E-state index >= 15 is 0 Å². The molecule has 0 radical (unpaired) electrons. The molecule has 2 aromatic heterocycles. The number of imidazole rings is 1. The third-order valence-corrected chi connectivity index (χ3v) is 6.89. The van der Waals surface area contributed by atoms with Gasteiger partial charge in [-0.25, -0.2) is 9.97 Å². The van der Waals surface area contributed by atoms with Crippen LogP contribution in [0.4, 0.5) is 5.69 Å². The number of anilines is 1. The summed E-state index contributed by atoms with van der Waals surface area (Å²) in [7, 11) is 0. The number of hydrogen-bond acceptors (Lipinski definition) is 7. The second-order valence-electron chi connectivity index (χ2n) is 9.08. The quantitative estimate of drug-likeness (QED) is 0.430. The summed E-state index contributed by atoms with van der Waals surface area (Å²) in [6.07, 6.45) is 5.62. The van der Waals surface area contributed by atoms with Gasteiger partial charge in [0.05, 0.1) is 61.2 Å². The summed E-state index contributed by atoms with van der Waals surface area (Å²) >= 11 is 0. The lowest BCUT2D eigenvalue weighted by molar-refractivity contribution is 0.0303. The van der Waals surface area contributed by atoms with Crippen molar-refractivity contribution in [3.05, 3.63) is 72.2 Å². The third kappa shape index (κ3) is 4.53. The van der Waals surface area contributed by atoms with Crippen LogP contribution in [0, 0.1) is 11.3 Å². The van der Waals surface area contributed by atoms with E-state index in [1.54, 1.807) is 18.3 Å². The van der Waals surface area contributed by atoms with E-state index in [2.05, 4.69) is 27.0 Å². The van der Waals surface area contributed by atoms with Crippen LogP contribution in [0.25, 0.3) is 28.2 Å². The topological polar surface area (TPSA) is 96.0 Å². The second-order valence-corrected chi connectivity index (χ2v) is 9.08. The summed E-state index contributed by atoms with van der Waals surface area (Å²) in [4.78, 5) is 26.6. The van der Waals surface area contributed by atoms with Crippen molar-refractivity contribution in [2.24, 2.45) is 0 Å². The maximum absolute atomic E-state index is 13.5. The van der Waals surface area contributed by atoms with Crippen LogP contribution < -0.4 is 4.90 Å². The van der Waals surface area contributed by atoms with Gasteiger partial charge in [0.25, 0.3) is 5.91 Å². The fraction of sp³-hybridized carbons (Fsp3) is 0.286. The van der Waals surface area contributed by atoms with E-state index in [-0.39, 0.29) is 5.91 Å². The first-order valence-corrected chi connectivity index (χ1v) is 12.4. The average molecular weight is 495 g/mol. The first-order chi connectivity index (χ1) is 18.2. The first kappa shape index (κ1) is 23.2. The highest BCUT2D eigenvalue weighted by atomic mass is 16.5. The Bertz CT molecular complexity index is 1480. The highest BCUT2D eigenvalue weighted by Gasteiger charge is 2.25. The van der Waals surface area contributed by atoms with Crippen LogP contribution in [-0.4, -0.2) is 77.8 Å². The summed E-state index contributed by atoms with van der Waals surface area (Å²) in [5, 5.41) is 9.12. The SMILES string of the molecule is N#Cc1ccc(-c2cnc3ncc(-c4ccc(C(=O)N5CCOCC5)c(N5CCOCC5)c4)cn23)cc1. The number of nitrogens with zero attached hydrogens (tertiary/aromatic N) is 6. The number of nitriles is 1. The molecule has 6 rings (SSSR count). The van der Waals surface area contributed by atoms with Gasteiger partial charge in [-0.1, -0.05) is 18.2 Å². The molecule has 4 heterocycles. The molecule has 186 valence electrons. The number of amides is 1. The Hall–Kier alpha value is -4.26. The van der Waals surface area contributed by atoms with Crippen molar-refractivity contribution in [3.63, 3.8) is 0 Å². The predicted octanol–water partition coefficient (Wildman–Crippen LogP) is 3.24. The maximum atomic E-state index is 13.5. The lowest BCUT2D eigenvalue weighted by Crippen LogP contribution is -2.42. The van der Waals surface area contributed by atoms with Crippen molar-refractivity contribution in [1.82, 2.24) is 19.3 Å². The number of hydrogen-bond donors (Lipinski definition) is 0. The Morgan fingerprint density at radius 2 is 1.51 bits per heavy atom. The van der Waals surface area contributed by atoms with Crippen molar-refractivity contribution in [3.8, 4) is 28.5 Å². The van der Waals surface area contributed by atoms with Gasteiger partial charge in [-0.2, -0.15) is 5.26 Å². The van der Waals surface area contributed by atoms with Gasteiger partial charge in [0.1, 0.15) is 0 Å². The van der Waals surface area contributed by atoms with Crippen LogP contribution in [0.2, 0.25) is 0 Å². The van der Waals surface area contributed by atoms with Crippen molar-refractivity contribution in [1.29, 1.82) is 5.26 Å². The standard InChI is InChI=1S/C28H26N6O3/c29-16-20-1-3-21(4-2-20)26-18-31-28-30-17-23(19-34(26)28)22-5-6-24(27(35)33-9-13-37-14-10-33)25(15-22)32-7-11-36-12-8-32/h1-6,15,17-19H,7-14H2. The van der Waals surface area contributed by atoms with Crippen molar-refractivity contribution in [2.45, 2.75) is 0 Å². The molecular weight excluding hydrogens is 468 g/mol. The summed E-state index contributed by atoms with van der Waals surface area (Å²) < 4.78 is 13.0. The minimum atomic E-state index is 0.0302. The lowest BCUT2D eigenvalue weighted by Gasteiger charge is -2.33. The number of ether oxygens (including phenoxy) is 2. The molecule has 9 nitrogen and oxygen atoms in total. The van der Waals surface area contributed by atoms with E-state index in [9.17, 15) is 4.79 Å². The van der Waals surface area contributed by atoms with E-state index in [4.69, 9.17) is 14.7 Å². The van der Waals surface area contributed by atoms with Crippen LogP contribution in [0.3, 0.4) is 0 Å². The van der Waals surface area contributed by atoms with E-state index in [0.717, 1.165) is 41.2 Å². The lowest BCUT2D eigenvalue weighted by atomic mass is 10.0. The van der Waals surface area contributed by atoms with Crippen LogP contribution in [0.5, 0.6) is 0 Å². The molecular formula is C28H26N6O3. The van der Waals surface area contributed by atoms with E-state index in [1.165, 1.54) is 0 Å². The molecule has 4 aromatic rings. The number of benzene rings is 2. The minimum Gasteiger partial charge on any atom is -0.378 e. The molecule has 0 saturated carbocycles. The Kier molecular flexibility index (Phi) is 6.26. The smallest absolute Gasteiger partial charge is 0.256 e. The van der Waals surface area contributed by atoms with Gasteiger partial charge in [-0.15, -0.1) is 0 Å². The maximum Gasteiger partial charge on any atom is 0.256 e. The summed E-state index contributed by atoms with van der Waals surface area (Å²) in [6, 6.07) is 15.6. The number of fused-ring (bicyclic) bond motifs is 1. The Morgan fingerprint density at radius 3 is 2.24 bits per heavy atom. The van der Waals surface area contributed by atoms with E-state index in [0.29, 0.717) is 56.4 Å². The van der Waals surface area contributed by atoms with Gasteiger partial charge >= 0.3 is 0 Å². The van der Waals surface area contributed by atoms with Crippen LogP contribution in [-0.2, 0) is 9.47 Å². The van der Waals surface area contributed by atoms with E-state index < -0.39 is 0 Å². The summed E-state index contributed by atoms with van der Waals surface area (Å²) in [5.74, 6) is 0.623. The Morgan fingerprint density at radius 1 is 0.838 bits per heavy atom. The fourth-order valence-electron chi connectivity index (χ4n) is 4.85. The molecule has 0 atom stereocenters. The molecule has 2 saturated heterocycles. The molecule has 0 N–H and O–H groups in total. The van der Waals surface area contributed by atoms with Crippen LogP contribution in [0.15, 0.2) is 61.1 Å². The van der Waals surface area contributed by atoms with Gasteiger partial charge in [-0.3, -0.25) is 9.20 Å². The number of carbonyl (C=O) groups is 1. The Labute approximate surface area is 214 Å². The molecule has 2 aliphatic rings. The Balaban J connectivity index is 1.40. The predicted molar refractivity (Wildman–Crippen MR) is 138 cm³/mol. The molecule has 0 bridgehead atoms. The largest absolute Gasteiger partial charge is 0.378 e. The van der Waals surface area contributed by atoms with E-state index in [1.807, 2.05) is 46.0 Å². The van der Waals surface area contributed by atoms with Gasteiger partial charge < -0.3 is 19.3 Å². The molecule has 0 aliphatic carbocycles. The number of morpholine rings is 2. The average Bonchev–Trinajstić information content (AvgIpc) is 3.41. The molecule has 1 amide bonds. The zero-order chi connectivity index (χ0) is 25.2. The number of carbonyl (C=O) groups excluding carboxylic acids is 1. The highest BCUT2D eigenvalue weighted by molar-refractivity contribution is 6.01. The van der Waals surface area contributed by atoms with Gasteiger partial charge in [-0.05, 0) is 29.8 Å². The van der Waals surface area contributed by atoms with Gasteiger partial charge in [0, 0.05) is 49.7 Å².